The van der Waals surface area contributed by atoms with Gasteiger partial charge in [-0.2, -0.15) is 0 Å². The Morgan fingerprint density at radius 3 is 2.80 bits per heavy atom. The van der Waals surface area contributed by atoms with Gasteiger partial charge in [0, 0.05) is 10.7 Å². The molecule has 1 aromatic heterocycles. The number of nitrogens with one attached hydrogen (secondary N) is 1. The molecule has 0 aliphatic rings. The van der Waals surface area contributed by atoms with E-state index < -0.39 is 0 Å². The third kappa shape index (κ3) is 3.59. The molecular weight excluding hydrogens is 278 g/mol. The molecule has 0 aliphatic heterocycles. The van der Waals surface area contributed by atoms with E-state index in [1.54, 1.807) is 24.3 Å². The lowest BCUT2D eigenvalue weighted by Gasteiger charge is -2.04. The van der Waals surface area contributed by atoms with Crippen molar-refractivity contribution in [3.8, 4) is 0 Å². The second-order valence-corrected chi connectivity index (χ2v) is 4.86. The van der Waals surface area contributed by atoms with Crippen molar-refractivity contribution in [3.05, 3.63) is 47.1 Å². The Morgan fingerprint density at radius 2 is 2.15 bits per heavy atom. The summed E-state index contributed by atoms with van der Waals surface area (Å²) >= 11 is 5.78. The van der Waals surface area contributed by atoms with Gasteiger partial charge in [0.15, 0.2) is 5.69 Å². The SMILES string of the molecule is CCCC(N)c1nc(C(=O)Nc2ccc(Cl)cc2)co1. The summed E-state index contributed by atoms with van der Waals surface area (Å²) in [6.07, 6.45) is 3.00. The number of aromatic nitrogens is 1. The first-order valence-corrected chi connectivity index (χ1v) is 6.76. The van der Waals surface area contributed by atoms with E-state index in [-0.39, 0.29) is 17.6 Å². The van der Waals surface area contributed by atoms with E-state index in [1.165, 1.54) is 6.26 Å². The summed E-state index contributed by atoms with van der Waals surface area (Å²) in [7, 11) is 0. The predicted molar refractivity (Wildman–Crippen MR) is 77.7 cm³/mol. The van der Waals surface area contributed by atoms with Crippen LogP contribution in [0.15, 0.2) is 34.9 Å². The Labute approximate surface area is 122 Å². The highest BCUT2D eigenvalue weighted by Crippen LogP contribution is 2.17. The third-order valence-corrected chi connectivity index (χ3v) is 3.03. The van der Waals surface area contributed by atoms with Crippen LogP contribution in [0.3, 0.4) is 0 Å². The number of carbonyl (C=O) groups excluding carboxylic acids is 1. The summed E-state index contributed by atoms with van der Waals surface area (Å²) in [5.74, 6) is 0.0409. The zero-order chi connectivity index (χ0) is 14.5. The van der Waals surface area contributed by atoms with Crippen molar-refractivity contribution in [2.75, 3.05) is 5.32 Å². The van der Waals surface area contributed by atoms with E-state index in [1.807, 2.05) is 6.92 Å². The minimum absolute atomic E-state index is 0.210. The Bertz CT molecular complexity index is 580. The molecule has 20 heavy (non-hydrogen) atoms. The van der Waals surface area contributed by atoms with E-state index >= 15 is 0 Å². The molecule has 0 spiro atoms. The highest BCUT2D eigenvalue weighted by molar-refractivity contribution is 6.30. The Hall–Kier alpha value is -1.85. The van der Waals surface area contributed by atoms with Crippen LogP contribution in [0.4, 0.5) is 5.69 Å². The van der Waals surface area contributed by atoms with Crippen molar-refractivity contribution in [1.82, 2.24) is 4.98 Å². The molecule has 2 aromatic rings. The van der Waals surface area contributed by atoms with Gasteiger partial charge in [-0.3, -0.25) is 4.79 Å². The summed E-state index contributed by atoms with van der Waals surface area (Å²) in [5.41, 5.74) is 6.74. The Morgan fingerprint density at radius 1 is 1.45 bits per heavy atom. The maximum Gasteiger partial charge on any atom is 0.277 e. The van der Waals surface area contributed by atoms with Crippen molar-refractivity contribution in [2.45, 2.75) is 25.8 Å². The maximum absolute atomic E-state index is 12.0. The zero-order valence-electron chi connectivity index (χ0n) is 11.1. The van der Waals surface area contributed by atoms with Gasteiger partial charge in [-0.05, 0) is 30.7 Å². The fourth-order valence-corrected chi connectivity index (χ4v) is 1.85. The summed E-state index contributed by atoms with van der Waals surface area (Å²) in [6, 6.07) is 6.54. The fourth-order valence-electron chi connectivity index (χ4n) is 1.73. The van der Waals surface area contributed by atoms with Crippen LogP contribution in [0.25, 0.3) is 0 Å². The lowest BCUT2D eigenvalue weighted by molar-refractivity contribution is 0.102. The van der Waals surface area contributed by atoms with Crippen LogP contribution in [0.5, 0.6) is 0 Å². The number of carbonyl (C=O) groups is 1. The maximum atomic E-state index is 12.0. The van der Waals surface area contributed by atoms with Crippen LogP contribution in [0, 0.1) is 0 Å². The standard InChI is InChI=1S/C14H16ClN3O2/c1-2-3-11(16)14-18-12(8-20-14)13(19)17-10-6-4-9(15)5-7-10/h4-8,11H,2-3,16H2,1H3,(H,17,19). The van der Waals surface area contributed by atoms with Crippen LogP contribution in [0.1, 0.15) is 42.2 Å². The van der Waals surface area contributed by atoms with E-state index in [0.29, 0.717) is 16.6 Å². The molecule has 1 atom stereocenters. The fraction of sp³-hybridized carbons (Fsp3) is 0.286. The van der Waals surface area contributed by atoms with Gasteiger partial charge in [-0.25, -0.2) is 4.98 Å². The van der Waals surface area contributed by atoms with E-state index in [4.69, 9.17) is 21.8 Å². The summed E-state index contributed by atoms with van der Waals surface area (Å²) in [6.45, 7) is 2.02. The topological polar surface area (TPSA) is 81.1 Å². The monoisotopic (exact) mass is 293 g/mol. The molecule has 3 N–H and O–H groups in total. The third-order valence-electron chi connectivity index (χ3n) is 2.77. The first-order chi connectivity index (χ1) is 9.60. The average molecular weight is 294 g/mol. The predicted octanol–water partition coefficient (Wildman–Crippen LogP) is 3.38. The summed E-state index contributed by atoms with van der Waals surface area (Å²) in [4.78, 5) is 16.1. The average Bonchev–Trinajstić information content (AvgIpc) is 2.91. The minimum atomic E-state index is -0.342. The number of anilines is 1. The second kappa shape index (κ2) is 6.54. The number of hydrogen-bond donors (Lipinski definition) is 2. The smallest absolute Gasteiger partial charge is 0.277 e. The molecular formula is C14H16ClN3O2. The molecule has 6 heteroatoms. The number of nitrogens with two attached hydrogens (primary N) is 1. The van der Waals surface area contributed by atoms with Gasteiger partial charge in [0.1, 0.15) is 6.26 Å². The highest BCUT2D eigenvalue weighted by atomic mass is 35.5. The van der Waals surface area contributed by atoms with Crippen LogP contribution in [-0.2, 0) is 0 Å². The van der Waals surface area contributed by atoms with Gasteiger partial charge in [0.25, 0.3) is 5.91 Å². The number of hydrogen-bond acceptors (Lipinski definition) is 4. The van der Waals surface area contributed by atoms with Gasteiger partial charge >= 0.3 is 0 Å². The normalized spacial score (nSPS) is 12.2. The van der Waals surface area contributed by atoms with Gasteiger partial charge in [-0.15, -0.1) is 0 Å². The van der Waals surface area contributed by atoms with E-state index in [9.17, 15) is 4.79 Å². The van der Waals surface area contributed by atoms with E-state index in [0.717, 1.165) is 12.8 Å². The number of benzene rings is 1. The molecule has 1 heterocycles. The Balaban J connectivity index is 2.04. The Kier molecular flexibility index (Phi) is 4.76. The van der Waals surface area contributed by atoms with Crippen molar-refractivity contribution in [3.63, 3.8) is 0 Å². The van der Waals surface area contributed by atoms with Gasteiger partial charge in [0.05, 0.1) is 6.04 Å². The molecule has 106 valence electrons. The lowest BCUT2D eigenvalue weighted by Crippen LogP contribution is -2.14. The molecule has 2 rings (SSSR count). The first-order valence-electron chi connectivity index (χ1n) is 6.38. The lowest BCUT2D eigenvalue weighted by atomic mass is 10.2. The molecule has 0 saturated heterocycles. The number of nitrogens with zero attached hydrogens (tertiary/aromatic N) is 1. The number of oxazole rings is 1. The van der Waals surface area contributed by atoms with Gasteiger partial charge in [-0.1, -0.05) is 24.9 Å². The van der Waals surface area contributed by atoms with Crippen molar-refractivity contribution in [2.24, 2.45) is 5.73 Å². The molecule has 1 aromatic carbocycles. The van der Waals surface area contributed by atoms with Gasteiger partial charge < -0.3 is 15.5 Å². The molecule has 1 unspecified atom stereocenters. The van der Waals surface area contributed by atoms with Crippen LogP contribution in [0.2, 0.25) is 5.02 Å². The highest BCUT2D eigenvalue weighted by Gasteiger charge is 2.16. The van der Waals surface area contributed by atoms with E-state index in [2.05, 4.69) is 10.3 Å². The molecule has 5 nitrogen and oxygen atoms in total. The molecule has 0 aliphatic carbocycles. The molecule has 0 saturated carbocycles. The zero-order valence-corrected chi connectivity index (χ0v) is 11.9. The molecule has 0 bridgehead atoms. The van der Waals surface area contributed by atoms with Crippen molar-refractivity contribution < 1.29 is 9.21 Å². The summed E-state index contributed by atoms with van der Waals surface area (Å²) < 4.78 is 5.24. The molecule has 0 radical (unpaired) electrons. The second-order valence-electron chi connectivity index (χ2n) is 4.43. The number of amides is 1. The van der Waals surface area contributed by atoms with Crippen LogP contribution >= 0.6 is 11.6 Å². The minimum Gasteiger partial charge on any atom is -0.446 e. The van der Waals surface area contributed by atoms with Crippen molar-refractivity contribution >= 4 is 23.2 Å². The molecule has 1 amide bonds. The number of rotatable bonds is 5. The summed E-state index contributed by atoms with van der Waals surface area (Å²) in [5, 5.41) is 3.32. The van der Waals surface area contributed by atoms with Crippen LogP contribution < -0.4 is 11.1 Å². The largest absolute Gasteiger partial charge is 0.446 e. The first kappa shape index (κ1) is 14.6. The van der Waals surface area contributed by atoms with Crippen molar-refractivity contribution in [1.29, 1.82) is 0 Å². The van der Waals surface area contributed by atoms with Crippen LogP contribution in [-0.4, -0.2) is 10.9 Å². The quantitative estimate of drug-likeness (QED) is 0.885. The number of halogens is 1. The molecule has 0 fully saturated rings. The van der Waals surface area contributed by atoms with Gasteiger partial charge in [0.2, 0.25) is 5.89 Å².